The van der Waals surface area contributed by atoms with Gasteiger partial charge in [-0.25, -0.2) is 4.98 Å². The number of nitrogens with one attached hydrogen (secondary N) is 1. The number of imidazole rings is 1. The van der Waals surface area contributed by atoms with Crippen molar-refractivity contribution >= 4 is 28.8 Å². The van der Waals surface area contributed by atoms with Gasteiger partial charge >= 0.3 is 0 Å². The van der Waals surface area contributed by atoms with Gasteiger partial charge in [0, 0.05) is 5.69 Å². The second kappa shape index (κ2) is 8.09. The SMILES string of the molecule is Cc1cc(C)n(CC(=O)N[C@@H]2CO[C@H](Cn3cnc4nc(N)nc(N)c43)[C@@H](O)[C@H]2O)n1. The van der Waals surface area contributed by atoms with E-state index in [1.165, 1.54) is 6.33 Å². The van der Waals surface area contributed by atoms with Gasteiger partial charge in [0.25, 0.3) is 0 Å². The van der Waals surface area contributed by atoms with Crippen molar-refractivity contribution in [2.45, 2.75) is 51.3 Å². The number of hydrogen-bond acceptors (Lipinski definition) is 10. The molecular formula is C18H25N9O4. The Morgan fingerprint density at radius 3 is 2.77 bits per heavy atom. The van der Waals surface area contributed by atoms with Crippen molar-refractivity contribution < 1.29 is 19.7 Å². The van der Waals surface area contributed by atoms with Crippen LogP contribution >= 0.6 is 0 Å². The van der Waals surface area contributed by atoms with E-state index < -0.39 is 24.4 Å². The number of nitrogens with two attached hydrogens (primary N) is 2. The van der Waals surface area contributed by atoms with Crippen molar-refractivity contribution in [3.05, 3.63) is 23.8 Å². The van der Waals surface area contributed by atoms with Crippen molar-refractivity contribution in [3.63, 3.8) is 0 Å². The third-order valence-electron chi connectivity index (χ3n) is 5.27. The fraction of sp³-hybridized carbons (Fsp3) is 0.500. The van der Waals surface area contributed by atoms with Gasteiger partial charge in [0.2, 0.25) is 11.9 Å². The van der Waals surface area contributed by atoms with Crippen LogP contribution in [0.4, 0.5) is 11.8 Å². The van der Waals surface area contributed by atoms with E-state index in [2.05, 4.69) is 25.4 Å². The number of nitrogen functional groups attached to an aromatic ring is 2. The highest BCUT2D eigenvalue weighted by Gasteiger charge is 2.39. The summed E-state index contributed by atoms with van der Waals surface area (Å²) in [6.45, 7) is 3.88. The number of aryl methyl sites for hydroxylation is 2. The molecule has 7 N–H and O–H groups in total. The molecule has 0 aliphatic carbocycles. The van der Waals surface area contributed by atoms with Gasteiger partial charge < -0.3 is 36.3 Å². The molecule has 0 unspecified atom stereocenters. The summed E-state index contributed by atoms with van der Waals surface area (Å²) in [6.07, 6.45) is -1.74. The number of hydrogen-bond donors (Lipinski definition) is 5. The van der Waals surface area contributed by atoms with E-state index in [4.69, 9.17) is 16.2 Å². The van der Waals surface area contributed by atoms with Crippen LogP contribution in [0.15, 0.2) is 12.4 Å². The van der Waals surface area contributed by atoms with Gasteiger partial charge in [-0.15, -0.1) is 0 Å². The van der Waals surface area contributed by atoms with Crippen LogP contribution in [0.2, 0.25) is 0 Å². The smallest absolute Gasteiger partial charge is 0.242 e. The number of nitrogens with zero attached hydrogens (tertiary/aromatic N) is 6. The molecule has 4 heterocycles. The molecule has 3 aromatic rings. The number of amides is 1. The first-order valence-electron chi connectivity index (χ1n) is 9.75. The Morgan fingerprint density at radius 1 is 1.29 bits per heavy atom. The highest BCUT2D eigenvalue weighted by molar-refractivity contribution is 5.82. The molecule has 3 aromatic heterocycles. The molecule has 13 nitrogen and oxygen atoms in total. The fourth-order valence-electron chi connectivity index (χ4n) is 3.75. The Bertz CT molecular complexity index is 1110. The van der Waals surface area contributed by atoms with Crippen molar-refractivity contribution in [2.75, 3.05) is 18.1 Å². The Morgan fingerprint density at radius 2 is 2.06 bits per heavy atom. The summed E-state index contributed by atoms with van der Waals surface area (Å²) in [5, 5.41) is 28.1. The highest BCUT2D eigenvalue weighted by atomic mass is 16.5. The monoisotopic (exact) mass is 431 g/mol. The van der Waals surface area contributed by atoms with E-state index >= 15 is 0 Å². The van der Waals surface area contributed by atoms with Gasteiger partial charge in [-0.3, -0.25) is 9.48 Å². The predicted molar refractivity (Wildman–Crippen MR) is 110 cm³/mol. The molecule has 0 saturated carbocycles. The lowest BCUT2D eigenvalue weighted by Crippen LogP contribution is -2.60. The number of carbonyl (C=O) groups is 1. The van der Waals surface area contributed by atoms with Gasteiger partial charge in [-0.1, -0.05) is 0 Å². The standard InChI is InChI=1S/C18H25N9O4/c1-8-3-9(2)27(25-8)5-12(28)22-10-6-31-11(15(30)14(10)29)4-26-7-21-17-13(26)16(19)23-18(20)24-17/h3,7,10-11,14-15,29-30H,4-6H2,1-2H3,(H,22,28)(H4,19,20,23,24)/t10-,11-,14+,15-/m1/s1. The second-order valence-electron chi connectivity index (χ2n) is 7.65. The summed E-state index contributed by atoms with van der Waals surface area (Å²) in [5.74, 6) is -0.175. The van der Waals surface area contributed by atoms with Gasteiger partial charge in [-0.2, -0.15) is 15.1 Å². The minimum absolute atomic E-state index is 0.00580. The van der Waals surface area contributed by atoms with E-state index in [0.717, 1.165) is 11.4 Å². The molecule has 1 aliphatic heterocycles. The van der Waals surface area contributed by atoms with Crippen molar-refractivity contribution in [3.8, 4) is 0 Å². The zero-order valence-electron chi connectivity index (χ0n) is 17.1. The second-order valence-corrected chi connectivity index (χ2v) is 7.65. The first kappa shape index (κ1) is 21.0. The summed E-state index contributed by atoms with van der Waals surface area (Å²) >= 11 is 0. The molecule has 0 bridgehead atoms. The van der Waals surface area contributed by atoms with Gasteiger partial charge in [0.1, 0.15) is 30.4 Å². The van der Waals surface area contributed by atoms with Crippen LogP contribution in [0.1, 0.15) is 11.4 Å². The molecule has 1 saturated heterocycles. The van der Waals surface area contributed by atoms with Crippen LogP contribution in [-0.4, -0.2) is 76.4 Å². The number of aliphatic hydroxyl groups is 2. The van der Waals surface area contributed by atoms with Crippen LogP contribution in [0.3, 0.4) is 0 Å². The van der Waals surface area contributed by atoms with Gasteiger partial charge in [0.05, 0.1) is 31.2 Å². The first-order chi connectivity index (χ1) is 14.7. The average Bonchev–Trinajstić information content (AvgIpc) is 3.23. The van der Waals surface area contributed by atoms with Crippen LogP contribution < -0.4 is 16.8 Å². The van der Waals surface area contributed by atoms with E-state index in [0.29, 0.717) is 11.2 Å². The number of rotatable bonds is 5. The number of ether oxygens (including phenoxy) is 1. The molecule has 0 spiro atoms. The molecular weight excluding hydrogens is 406 g/mol. The third-order valence-corrected chi connectivity index (χ3v) is 5.27. The maximum atomic E-state index is 12.4. The first-order valence-corrected chi connectivity index (χ1v) is 9.75. The van der Waals surface area contributed by atoms with E-state index in [9.17, 15) is 15.0 Å². The Hall–Kier alpha value is -3.29. The molecule has 1 amide bonds. The lowest BCUT2D eigenvalue weighted by molar-refractivity contribution is -0.158. The number of aromatic nitrogens is 6. The maximum absolute atomic E-state index is 12.4. The highest BCUT2D eigenvalue weighted by Crippen LogP contribution is 2.22. The minimum Gasteiger partial charge on any atom is -0.388 e. The molecule has 0 radical (unpaired) electrons. The largest absolute Gasteiger partial charge is 0.388 e. The number of fused-ring (bicyclic) bond motifs is 1. The summed E-state index contributed by atoms with van der Waals surface area (Å²) in [6, 6.07) is 1.11. The number of carbonyl (C=O) groups excluding carboxylic acids is 1. The molecule has 0 aromatic carbocycles. The minimum atomic E-state index is -1.25. The van der Waals surface area contributed by atoms with Gasteiger partial charge in [-0.05, 0) is 19.9 Å². The molecule has 166 valence electrons. The predicted octanol–water partition coefficient (Wildman–Crippen LogP) is -1.89. The molecule has 13 heteroatoms. The van der Waals surface area contributed by atoms with E-state index in [-0.39, 0.29) is 37.4 Å². The fourth-order valence-corrected chi connectivity index (χ4v) is 3.75. The van der Waals surface area contributed by atoms with Crippen molar-refractivity contribution in [1.82, 2.24) is 34.6 Å². The zero-order valence-corrected chi connectivity index (χ0v) is 17.1. The van der Waals surface area contributed by atoms with Crippen LogP contribution in [0.25, 0.3) is 11.2 Å². The quantitative estimate of drug-likeness (QED) is 0.305. The molecule has 4 rings (SSSR count). The Kier molecular flexibility index (Phi) is 5.47. The lowest BCUT2D eigenvalue weighted by atomic mass is 9.98. The Labute approximate surface area is 177 Å². The lowest BCUT2D eigenvalue weighted by Gasteiger charge is -2.38. The summed E-state index contributed by atoms with van der Waals surface area (Å²) in [5.41, 5.74) is 14.0. The normalized spacial score (nSPS) is 23.9. The Balaban J connectivity index is 1.40. The average molecular weight is 431 g/mol. The van der Waals surface area contributed by atoms with Crippen LogP contribution in [0.5, 0.6) is 0 Å². The summed E-state index contributed by atoms with van der Waals surface area (Å²) in [7, 11) is 0. The molecule has 4 atom stereocenters. The summed E-state index contributed by atoms with van der Waals surface area (Å²) < 4.78 is 8.94. The van der Waals surface area contributed by atoms with E-state index in [1.54, 1.807) is 9.25 Å². The molecule has 1 fully saturated rings. The molecule has 1 aliphatic rings. The van der Waals surface area contributed by atoms with Crippen molar-refractivity contribution in [1.29, 1.82) is 0 Å². The topological polar surface area (TPSA) is 192 Å². The van der Waals surface area contributed by atoms with E-state index in [1.807, 2.05) is 19.9 Å². The maximum Gasteiger partial charge on any atom is 0.242 e. The van der Waals surface area contributed by atoms with Gasteiger partial charge in [0.15, 0.2) is 11.5 Å². The molecule has 31 heavy (non-hydrogen) atoms. The van der Waals surface area contributed by atoms with Crippen molar-refractivity contribution in [2.24, 2.45) is 0 Å². The van der Waals surface area contributed by atoms with Crippen LogP contribution in [0, 0.1) is 13.8 Å². The zero-order chi connectivity index (χ0) is 22.3. The summed E-state index contributed by atoms with van der Waals surface area (Å²) in [4.78, 5) is 24.5. The number of anilines is 2. The third kappa shape index (κ3) is 4.15. The number of aliphatic hydroxyl groups excluding tert-OH is 2. The van der Waals surface area contributed by atoms with Crippen LogP contribution in [-0.2, 0) is 22.6 Å².